The maximum Gasteiger partial charge on any atom is 0.312 e. The molecule has 3 nitrogen and oxygen atoms in total. The fourth-order valence-corrected chi connectivity index (χ4v) is 4.46. The minimum atomic E-state index is -0.612. The third kappa shape index (κ3) is 4.50. The van der Waals surface area contributed by atoms with E-state index < -0.39 is 12.0 Å². The van der Waals surface area contributed by atoms with Crippen molar-refractivity contribution >= 4 is 17.7 Å². The number of hydrogen-bond acceptors (Lipinski definition) is 4. The highest BCUT2D eigenvalue weighted by Crippen LogP contribution is 2.36. The van der Waals surface area contributed by atoms with Gasteiger partial charge in [0.05, 0.1) is 19.1 Å². The van der Waals surface area contributed by atoms with Crippen LogP contribution in [0.15, 0.2) is 35.2 Å². The summed E-state index contributed by atoms with van der Waals surface area (Å²) in [5.74, 6) is -0.552. The van der Waals surface area contributed by atoms with Gasteiger partial charge in [-0.15, -0.1) is 11.8 Å². The molecule has 0 heterocycles. The second kappa shape index (κ2) is 8.59. The molecule has 1 aromatic carbocycles. The minimum Gasteiger partial charge on any atom is -0.469 e. The number of carbonyl (C=O) groups excluding carboxylic acids is 1. The first-order chi connectivity index (χ1) is 10.6. The lowest BCUT2D eigenvalue weighted by Crippen LogP contribution is -2.41. The normalized spacial score (nSPS) is 20.1. The first kappa shape index (κ1) is 17.4. The highest BCUT2D eigenvalue weighted by molar-refractivity contribution is 8.00. The van der Waals surface area contributed by atoms with Crippen LogP contribution in [0.2, 0.25) is 0 Å². The van der Waals surface area contributed by atoms with Crippen LogP contribution in [0.3, 0.4) is 0 Å². The van der Waals surface area contributed by atoms with E-state index >= 15 is 0 Å². The Morgan fingerprint density at radius 3 is 2.45 bits per heavy atom. The van der Waals surface area contributed by atoms with Crippen molar-refractivity contribution in [3.05, 3.63) is 30.3 Å². The van der Waals surface area contributed by atoms with Crippen molar-refractivity contribution in [1.29, 1.82) is 0 Å². The predicted octanol–water partition coefficient (Wildman–Crippen LogP) is 3.90. The van der Waals surface area contributed by atoms with E-state index in [0.29, 0.717) is 0 Å². The van der Waals surface area contributed by atoms with Gasteiger partial charge in [0, 0.05) is 10.1 Å². The number of ether oxygens (including phenoxy) is 1. The summed E-state index contributed by atoms with van der Waals surface area (Å²) in [4.78, 5) is 13.3. The van der Waals surface area contributed by atoms with Crippen LogP contribution >= 0.6 is 11.8 Å². The summed E-state index contributed by atoms with van der Waals surface area (Å²) in [6, 6.07) is 10.0. The molecule has 122 valence electrons. The molecular weight excluding hydrogens is 296 g/mol. The van der Waals surface area contributed by atoms with E-state index in [-0.39, 0.29) is 17.1 Å². The summed E-state index contributed by atoms with van der Waals surface area (Å²) in [5, 5.41) is 10.7. The summed E-state index contributed by atoms with van der Waals surface area (Å²) < 4.78 is 4.97. The maximum absolute atomic E-state index is 12.2. The summed E-state index contributed by atoms with van der Waals surface area (Å²) in [7, 11) is 1.41. The third-order valence-electron chi connectivity index (χ3n) is 4.55. The van der Waals surface area contributed by atoms with Crippen LogP contribution < -0.4 is 0 Å². The van der Waals surface area contributed by atoms with E-state index in [2.05, 4.69) is 0 Å². The first-order valence-electron chi connectivity index (χ1n) is 8.11. The summed E-state index contributed by atoms with van der Waals surface area (Å²) in [6.07, 6.45) is 4.94. The number of hydrogen-bond donors (Lipinski definition) is 1. The Labute approximate surface area is 137 Å². The standard InChI is InChI=1S/C18H26O3S/c1-13(22-15-11-7-4-8-12-15)16(18(20)21-2)17(19)14-9-5-3-6-10-14/h4,7-8,11-14,16-17,19H,3,5-6,9-10H2,1-2H3/t13-,16+,17?/m0/s1. The van der Waals surface area contributed by atoms with Crippen LogP contribution in [-0.2, 0) is 9.53 Å². The second-order valence-electron chi connectivity index (χ2n) is 6.07. The van der Waals surface area contributed by atoms with Crippen LogP contribution in [0.4, 0.5) is 0 Å². The SMILES string of the molecule is COC(=O)[C@@H](C(O)C1CCCCC1)[C@H](C)Sc1ccccc1. The topological polar surface area (TPSA) is 46.5 Å². The number of rotatable bonds is 6. The summed E-state index contributed by atoms with van der Waals surface area (Å²) in [5.41, 5.74) is 0. The number of thioether (sulfide) groups is 1. The summed E-state index contributed by atoms with van der Waals surface area (Å²) >= 11 is 1.63. The lowest BCUT2D eigenvalue weighted by Gasteiger charge is -2.33. The molecule has 0 aromatic heterocycles. The van der Waals surface area contributed by atoms with Gasteiger partial charge in [-0.25, -0.2) is 0 Å². The van der Waals surface area contributed by atoms with E-state index in [1.807, 2.05) is 37.3 Å². The van der Waals surface area contributed by atoms with Gasteiger partial charge >= 0.3 is 5.97 Å². The van der Waals surface area contributed by atoms with Crippen LogP contribution in [0.1, 0.15) is 39.0 Å². The molecule has 4 heteroatoms. The van der Waals surface area contributed by atoms with Crippen LogP contribution in [-0.4, -0.2) is 29.5 Å². The molecule has 1 N–H and O–H groups in total. The van der Waals surface area contributed by atoms with Gasteiger partial charge in [-0.05, 0) is 30.9 Å². The Hall–Kier alpha value is -1.00. The van der Waals surface area contributed by atoms with E-state index in [9.17, 15) is 9.90 Å². The van der Waals surface area contributed by atoms with E-state index in [1.54, 1.807) is 11.8 Å². The molecule has 1 aliphatic carbocycles. The fraction of sp³-hybridized carbons (Fsp3) is 0.611. The van der Waals surface area contributed by atoms with Gasteiger partial charge in [-0.1, -0.05) is 44.4 Å². The van der Waals surface area contributed by atoms with E-state index in [1.165, 1.54) is 13.5 Å². The molecule has 22 heavy (non-hydrogen) atoms. The molecule has 1 aliphatic rings. The lowest BCUT2D eigenvalue weighted by molar-refractivity contribution is -0.151. The zero-order chi connectivity index (χ0) is 15.9. The minimum absolute atomic E-state index is 0.0215. The molecule has 0 radical (unpaired) electrons. The molecule has 0 saturated heterocycles. The van der Waals surface area contributed by atoms with Crippen LogP contribution in [0.5, 0.6) is 0 Å². The Morgan fingerprint density at radius 2 is 1.86 bits per heavy atom. The molecule has 0 aliphatic heterocycles. The number of aliphatic hydroxyl groups excluding tert-OH is 1. The molecule has 1 unspecified atom stereocenters. The van der Waals surface area contributed by atoms with Gasteiger partial charge in [0.2, 0.25) is 0 Å². The fourth-order valence-electron chi connectivity index (χ4n) is 3.30. The Balaban J connectivity index is 2.08. The maximum atomic E-state index is 12.2. The van der Waals surface area contributed by atoms with Gasteiger partial charge in [-0.3, -0.25) is 4.79 Å². The Kier molecular flexibility index (Phi) is 6.77. The zero-order valence-electron chi connectivity index (χ0n) is 13.4. The molecule has 0 amide bonds. The molecule has 1 aromatic rings. The second-order valence-corrected chi connectivity index (χ2v) is 7.52. The first-order valence-corrected chi connectivity index (χ1v) is 8.99. The number of methoxy groups -OCH3 is 1. The number of esters is 1. The monoisotopic (exact) mass is 322 g/mol. The highest BCUT2D eigenvalue weighted by Gasteiger charge is 2.38. The number of carbonyl (C=O) groups is 1. The van der Waals surface area contributed by atoms with Gasteiger partial charge in [0.15, 0.2) is 0 Å². The van der Waals surface area contributed by atoms with Crippen molar-refractivity contribution in [2.75, 3.05) is 7.11 Å². The van der Waals surface area contributed by atoms with E-state index in [0.717, 1.165) is 30.6 Å². The summed E-state index contributed by atoms with van der Waals surface area (Å²) in [6.45, 7) is 2.01. The van der Waals surface area contributed by atoms with Crippen molar-refractivity contribution in [2.45, 2.75) is 55.3 Å². The van der Waals surface area contributed by atoms with E-state index in [4.69, 9.17) is 4.74 Å². The number of aliphatic hydroxyl groups is 1. The molecule has 3 atom stereocenters. The molecule has 1 saturated carbocycles. The Bertz CT molecular complexity index is 457. The van der Waals surface area contributed by atoms with Crippen molar-refractivity contribution in [2.24, 2.45) is 11.8 Å². The van der Waals surface area contributed by atoms with Crippen molar-refractivity contribution < 1.29 is 14.6 Å². The van der Waals surface area contributed by atoms with Gasteiger partial charge in [0.25, 0.3) is 0 Å². The quantitative estimate of drug-likeness (QED) is 0.637. The molecule has 1 fully saturated rings. The van der Waals surface area contributed by atoms with Crippen molar-refractivity contribution in [3.8, 4) is 0 Å². The highest BCUT2D eigenvalue weighted by atomic mass is 32.2. The third-order valence-corrected chi connectivity index (χ3v) is 5.75. The van der Waals surface area contributed by atoms with Crippen molar-refractivity contribution in [1.82, 2.24) is 0 Å². The van der Waals surface area contributed by atoms with Crippen LogP contribution in [0.25, 0.3) is 0 Å². The van der Waals surface area contributed by atoms with Gasteiger partial charge in [0.1, 0.15) is 0 Å². The molecular formula is C18H26O3S. The predicted molar refractivity (Wildman–Crippen MR) is 89.8 cm³/mol. The van der Waals surface area contributed by atoms with Crippen LogP contribution in [0, 0.1) is 11.8 Å². The average molecular weight is 322 g/mol. The largest absolute Gasteiger partial charge is 0.469 e. The average Bonchev–Trinajstić information content (AvgIpc) is 2.56. The number of benzene rings is 1. The molecule has 0 bridgehead atoms. The lowest BCUT2D eigenvalue weighted by atomic mass is 9.79. The zero-order valence-corrected chi connectivity index (χ0v) is 14.2. The smallest absolute Gasteiger partial charge is 0.312 e. The van der Waals surface area contributed by atoms with Gasteiger partial charge in [-0.2, -0.15) is 0 Å². The van der Waals surface area contributed by atoms with Crippen molar-refractivity contribution in [3.63, 3.8) is 0 Å². The molecule has 2 rings (SSSR count). The Morgan fingerprint density at radius 1 is 1.23 bits per heavy atom. The molecule has 0 spiro atoms. The van der Waals surface area contributed by atoms with Gasteiger partial charge < -0.3 is 9.84 Å².